The Morgan fingerprint density at radius 2 is 1.77 bits per heavy atom. The smallest absolute Gasteiger partial charge is 0.368 e. The topological polar surface area (TPSA) is 49.8 Å². The van der Waals surface area contributed by atoms with Crippen molar-refractivity contribution in [2.45, 2.75) is 26.1 Å². The Morgan fingerprint density at radius 1 is 1.09 bits per heavy atom. The molecule has 0 aliphatic rings. The Balaban J connectivity index is 2.24. The van der Waals surface area contributed by atoms with Crippen LogP contribution >= 0.6 is 11.6 Å². The average Bonchev–Trinajstić information content (AvgIpc) is 2.39. The largest absolute Gasteiger partial charge is 0.417 e. The summed E-state index contributed by atoms with van der Waals surface area (Å²) in [5.74, 6) is 0.964. The molecule has 0 aliphatic carbocycles. The molecule has 0 fully saturated rings. The highest BCUT2D eigenvalue weighted by Gasteiger charge is 2.33. The third-order valence-corrected chi connectivity index (χ3v) is 2.98. The maximum atomic E-state index is 12.8. The zero-order valence-electron chi connectivity index (χ0n) is 11.9. The van der Waals surface area contributed by atoms with E-state index < -0.39 is 11.7 Å². The lowest BCUT2D eigenvalue weighted by Crippen LogP contribution is -2.11. The lowest BCUT2D eigenvalue weighted by Gasteiger charge is -2.13. The molecule has 2 aromatic rings. The van der Waals surface area contributed by atoms with E-state index in [0.717, 1.165) is 6.07 Å². The molecule has 0 unspecified atom stereocenters. The monoisotopic (exact) mass is 330 g/mol. The fourth-order valence-corrected chi connectivity index (χ4v) is 1.99. The maximum absolute atomic E-state index is 12.8. The minimum absolute atomic E-state index is 0.176. The molecule has 0 saturated heterocycles. The van der Waals surface area contributed by atoms with E-state index in [-0.39, 0.29) is 16.8 Å². The van der Waals surface area contributed by atoms with E-state index in [2.05, 4.69) is 20.6 Å². The summed E-state index contributed by atoms with van der Waals surface area (Å²) >= 11 is 5.58. The van der Waals surface area contributed by atoms with Gasteiger partial charge in [0, 0.05) is 17.8 Å². The van der Waals surface area contributed by atoms with E-state index in [1.165, 1.54) is 18.5 Å². The molecule has 4 nitrogen and oxygen atoms in total. The van der Waals surface area contributed by atoms with Gasteiger partial charge in [0.25, 0.3) is 0 Å². The quantitative estimate of drug-likeness (QED) is 0.852. The van der Waals surface area contributed by atoms with Gasteiger partial charge in [-0.05, 0) is 32.0 Å². The summed E-state index contributed by atoms with van der Waals surface area (Å²) in [6, 6.07) is 5.38. The number of nitrogens with one attached hydrogen (secondary N) is 2. The normalized spacial score (nSPS) is 11.6. The Hall–Kier alpha value is -2.02. The standard InChI is InChI=1S/C14H14ClF3N4/c1-8(2)21-12-6-13(20-7-19-12)22-9-3-4-11(15)10(5-9)14(16,17)18/h3-8H,1-2H3,(H2,19,20,21,22). The fourth-order valence-electron chi connectivity index (χ4n) is 1.77. The van der Waals surface area contributed by atoms with Crippen molar-refractivity contribution < 1.29 is 13.2 Å². The molecule has 0 amide bonds. The predicted molar refractivity (Wildman–Crippen MR) is 80.5 cm³/mol. The maximum Gasteiger partial charge on any atom is 0.417 e. The molecule has 0 radical (unpaired) electrons. The van der Waals surface area contributed by atoms with Crippen molar-refractivity contribution in [3.8, 4) is 0 Å². The van der Waals surface area contributed by atoms with Crippen molar-refractivity contribution >= 4 is 28.9 Å². The number of benzene rings is 1. The average molecular weight is 331 g/mol. The van der Waals surface area contributed by atoms with Crippen LogP contribution in [0.4, 0.5) is 30.5 Å². The molecule has 118 valence electrons. The van der Waals surface area contributed by atoms with E-state index >= 15 is 0 Å². The second-order valence-electron chi connectivity index (χ2n) is 4.90. The summed E-state index contributed by atoms with van der Waals surface area (Å²) in [6.45, 7) is 3.90. The number of alkyl halides is 3. The van der Waals surface area contributed by atoms with Crippen LogP contribution in [0.25, 0.3) is 0 Å². The molecule has 2 rings (SSSR count). The minimum atomic E-state index is -4.51. The minimum Gasteiger partial charge on any atom is -0.368 e. The number of nitrogens with zero attached hydrogens (tertiary/aromatic N) is 2. The zero-order chi connectivity index (χ0) is 16.3. The van der Waals surface area contributed by atoms with Crippen molar-refractivity contribution in [2.24, 2.45) is 0 Å². The Bertz CT molecular complexity index is 659. The van der Waals surface area contributed by atoms with Gasteiger partial charge in [0.15, 0.2) is 0 Å². The first-order valence-corrected chi connectivity index (χ1v) is 6.86. The summed E-state index contributed by atoms with van der Waals surface area (Å²) in [5.41, 5.74) is -0.653. The molecule has 0 spiro atoms. The molecule has 0 bridgehead atoms. The molecular formula is C14H14ClF3N4. The number of anilines is 3. The SMILES string of the molecule is CC(C)Nc1cc(Nc2ccc(Cl)c(C(F)(F)F)c2)ncn1. The Labute approximate surface area is 130 Å². The molecule has 0 saturated carbocycles. The molecule has 1 aromatic carbocycles. The van der Waals surface area contributed by atoms with Crippen LogP contribution < -0.4 is 10.6 Å². The lowest BCUT2D eigenvalue weighted by molar-refractivity contribution is -0.137. The lowest BCUT2D eigenvalue weighted by atomic mass is 10.2. The highest BCUT2D eigenvalue weighted by atomic mass is 35.5. The first kappa shape index (κ1) is 16.4. The van der Waals surface area contributed by atoms with Crippen molar-refractivity contribution in [3.05, 3.63) is 41.2 Å². The first-order chi connectivity index (χ1) is 10.3. The van der Waals surface area contributed by atoms with Gasteiger partial charge >= 0.3 is 6.18 Å². The molecule has 0 aliphatic heterocycles. The molecule has 2 N–H and O–H groups in total. The van der Waals surface area contributed by atoms with Gasteiger partial charge in [-0.2, -0.15) is 13.2 Å². The van der Waals surface area contributed by atoms with Crippen LogP contribution in [0.1, 0.15) is 19.4 Å². The number of hydrogen-bond donors (Lipinski definition) is 2. The summed E-state index contributed by atoms with van der Waals surface area (Å²) in [5, 5.41) is 5.55. The molecular weight excluding hydrogens is 317 g/mol. The second kappa shape index (κ2) is 6.39. The summed E-state index contributed by atoms with van der Waals surface area (Å²) in [6.07, 6.45) is -3.18. The van der Waals surface area contributed by atoms with Gasteiger partial charge in [-0.1, -0.05) is 11.6 Å². The highest BCUT2D eigenvalue weighted by Crippen LogP contribution is 2.36. The van der Waals surface area contributed by atoms with E-state index in [0.29, 0.717) is 11.6 Å². The van der Waals surface area contributed by atoms with Gasteiger partial charge < -0.3 is 10.6 Å². The van der Waals surface area contributed by atoms with Crippen molar-refractivity contribution in [2.75, 3.05) is 10.6 Å². The van der Waals surface area contributed by atoms with E-state index in [1.807, 2.05) is 13.8 Å². The van der Waals surface area contributed by atoms with E-state index in [1.54, 1.807) is 6.07 Å². The number of rotatable bonds is 4. The van der Waals surface area contributed by atoms with Crippen molar-refractivity contribution in [1.82, 2.24) is 9.97 Å². The number of aromatic nitrogens is 2. The van der Waals surface area contributed by atoms with Crippen LogP contribution in [-0.4, -0.2) is 16.0 Å². The van der Waals surface area contributed by atoms with Crippen LogP contribution in [0.3, 0.4) is 0 Å². The van der Waals surface area contributed by atoms with Crippen LogP contribution in [0, 0.1) is 0 Å². The summed E-state index contributed by atoms with van der Waals surface area (Å²) in [4.78, 5) is 8.01. The van der Waals surface area contributed by atoms with Gasteiger partial charge in [-0.3, -0.25) is 0 Å². The van der Waals surface area contributed by atoms with Gasteiger partial charge in [0.2, 0.25) is 0 Å². The molecule has 1 heterocycles. The fraction of sp³-hybridized carbons (Fsp3) is 0.286. The van der Waals surface area contributed by atoms with Gasteiger partial charge in [0.05, 0.1) is 10.6 Å². The van der Waals surface area contributed by atoms with Crippen LogP contribution in [0.15, 0.2) is 30.6 Å². The van der Waals surface area contributed by atoms with E-state index in [4.69, 9.17) is 11.6 Å². The van der Waals surface area contributed by atoms with E-state index in [9.17, 15) is 13.2 Å². The molecule has 8 heteroatoms. The number of halogens is 4. The Morgan fingerprint density at radius 3 is 2.41 bits per heavy atom. The second-order valence-corrected chi connectivity index (χ2v) is 5.31. The third kappa shape index (κ3) is 4.24. The Kier molecular flexibility index (Phi) is 4.75. The summed E-state index contributed by atoms with van der Waals surface area (Å²) < 4.78 is 38.5. The predicted octanol–water partition coefficient (Wildman–Crippen LogP) is 4.71. The first-order valence-electron chi connectivity index (χ1n) is 6.48. The van der Waals surface area contributed by atoms with Crippen molar-refractivity contribution in [3.63, 3.8) is 0 Å². The van der Waals surface area contributed by atoms with Gasteiger partial charge in [-0.15, -0.1) is 0 Å². The van der Waals surface area contributed by atoms with Crippen LogP contribution in [0.5, 0.6) is 0 Å². The molecule has 1 aromatic heterocycles. The van der Waals surface area contributed by atoms with Crippen LogP contribution in [-0.2, 0) is 6.18 Å². The molecule has 0 atom stereocenters. The van der Waals surface area contributed by atoms with Gasteiger partial charge in [0.1, 0.15) is 18.0 Å². The highest BCUT2D eigenvalue weighted by molar-refractivity contribution is 6.31. The molecule has 22 heavy (non-hydrogen) atoms. The third-order valence-electron chi connectivity index (χ3n) is 2.65. The van der Waals surface area contributed by atoms with Gasteiger partial charge in [-0.25, -0.2) is 9.97 Å². The van der Waals surface area contributed by atoms with Crippen LogP contribution in [0.2, 0.25) is 5.02 Å². The number of hydrogen-bond acceptors (Lipinski definition) is 4. The zero-order valence-corrected chi connectivity index (χ0v) is 12.6. The summed E-state index contributed by atoms with van der Waals surface area (Å²) in [7, 11) is 0. The van der Waals surface area contributed by atoms with Crippen molar-refractivity contribution in [1.29, 1.82) is 0 Å².